The Hall–Kier alpha value is -3.13. The largest absolute Gasteiger partial charge is 0.370 e. The lowest BCUT2D eigenvalue weighted by molar-refractivity contribution is 0.0388. The van der Waals surface area contributed by atoms with Gasteiger partial charge in [0.1, 0.15) is 18.2 Å². The van der Waals surface area contributed by atoms with Crippen molar-refractivity contribution in [1.82, 2.24) is 19.5 Å². The number of benzene rings is 1. The van der Waals surface area contributed by atoms with Gasteiger partial charge in [0, 0.05) is 25.9 Å². The van der Waals surface area contributed by atoms with Crippen molar-refractivity contribution in [3.8, 4) is 11.4 Å². The Bertz CT molecular complexity index is 1010. The first-order valence-electron chi connectivity index (χ1n) is 8.58. The second-order valence-corrected chi connectivity index (χ2v) is 6.29. The average molecular weight is 367 g/mol. The number of aromatic nitrogens is 4. The van der Waals surface area contributed by atoms with Crippen molar-refractivity contribution in [2.75, 3.05) is 24.6 Å². The number of hydrogen-bond acceptors (Lipinski definition) is 6. The van der Waals surface area contributed by atoms with Crippen LogP contribution in [0.4, 0.5) is 10.3 Å². The number of ether oxygens (including phenoxy) is 1. The monoisotopic (exact) mass is 367 g/mol. The van der Waals surface area contributed by atoms with Crippen LogP contribution in [0.25, 0.3) is 11.4 Å². The van der Waals surface area contributed by atoms with Gasteiger partial charge in [-0.1, -0.05) is 12.1 Å². The molecule has 1 fully saturated rings. The Morgan fingerprint density at radius 2 is 2.11 bits per heavy atom. The maximum atomic E-state index is 13.6. The Morgan fingerprint density at radius 3 is 2.89 bits per heavy atom. The van der Waals surface area contributed by atoms with Gasteiger partial charge in [0.25, 0.3) is 5.56 Å². The van der Waals surface area contributed by atoms with Crippen LogP contribution in [-0.2, 0) is 11.8 Å². The fraction of sp³-hybridized carbons (Fsp3) is 0.263. The van der Waals surface area contributed by atoms with Crippen LogP contribution in [0.15, 0.2) is 53.7 Å². The van der Waals surface area contributed by atoms with Crippen LogP contribution < -0.4 is 10.5 Å². The van der Waals surface area contributed by atoms with Crippen molar-refractivity contribution in [2.24, 2.45) is 7.05 Å². The number of morpholine rings is 1. The van der Waals surface area contributed by atoms with Crippen LogP contribution in [-0.4, -0.2) is 39.2 Å². The highest BCUT2D eigenvalue weighted by atomic mass is 19.1. The maximum absolute atomic E-state index is 13.6. The highest BCUT2D eigenvalue weighted by Crippen LogP contribution is 2.26. The topological polar surface area (TPSA) is 73.1 Å². The van der Waals surface area contributed by atoms with Crippen molar-refractivity contribution in [3.63, 3.8) is 0 Å². The van der Waals surface area contributed by atoms with E-state index < -0.39 is 0 Å². The van der Waals surface area contributed by atoms with Crippen LogP contribution in [0, 0.1) is 5.82 Å². The van der Waals surface area contributed by atoms with Gasteiger partial charge in [-0.3, -0.25) is 9.36 Å². The summed E-state index contributed by atoms with van der Waals surface area (Å²) in [5.74, 6) is 0.227. The molecule has 0 aliphatic carbocycles. The van der Waals surface area contributed by atoms with E-state index in [9.17, 15) is 9.18 Å². The molecule has 0 bridgehead atoms. The minimum absolute atomic E-state index is 0.178. The second-order valence-electron chi connectivity index (χ2n) is 6.29. The third-order valence-electron chi connectivity index (χ3n) is 4.53. The van der Waals surface area contributed by atoms with E-state index in [2.05, 4.69) is 15.0 Å². The van der Waals surface area contributed by atoms with Crippen LogP contribution in [0.1, 0.15) is 11.7 Å². The van der Waals surface area contributed by atoms with Crippen molar-refractivity contribution in [3.05, 3.63) is 70.7 Å². The van der Waals surface area contributed by atoms with Gasteiger partial charge in [0.2, 0.25) is 5.95 Å². The first-order chi connectivity index (χ1) is 13.1. The lowest BCUT2D eigenvalue weighted by Gasteiger charge is -2.34. The highest BCUT2D eigenvalue weighted by molar-refractivity contribution is 5.55. The van der Waals surface area contributed by atoms with Gasteiger partial charge >= 0.3 is 0 Å². The zero-order valence-corrected chi connectivity index (χ0v) is 14.7. The molecule has 1 atom stereocenters. The van der Waals surface area contributed by atoms with Gasteiger partial charge in [-0.05, 0) is 23.8 Å². The third-order valence-corrected chi connectivity index (χ3v) is 4.53. The quantitative estimate of drug-likeness (QED) is 0.705. The number of hydrogen-bond donors (Lipinski definition) is 0. The second kappa shape index (κ2) is 7.24. The lowest BCUT2D eigenvalue weighted by atomic mass is 10.1. The van der Waals surface area contributed by atoms with Gasteiger partial charge in [-0.2, -0.15) is 0 Å². The molecule has 27 heavy (non-hydrogen) atoms. The van der Waals surface area contributed by atoms with Crippen LogP contribution in [0.5, 0.6) is 0 Å². The van der Waals surface area contributed by atoms with Gasteiger partial charge < -0.3 is 9.64 Å². The Morgan fingerprint density at radius 1 is 1.22 bits per heavy atom. The SMILES string of the molecule is Cn1c(N2CCO[C@H](c3cccc(F)c3)C2)nc(-c2ccncn2)cc1=O. The lowest BCUT2D eigenvalue weighted by Crippen LogP contribution is -2.41. The third kappa shape index (κ3) is 3.56. The number of halogens is 1. The molecule has 1 saturated heterocycles. The molecular formula is C19H18FN5O2. The Balaban J connectivity index is 1.68. The summed E-state index contributed by atoms with van der Waals surface area (Å²) in [6.45, 7) is 1.51. The molecule has 3 aromatic rings. The van der Waals surface area contributed by atoms with E-state index >= 15 is 0 Å². The van der Waals surface area contributed by atoms with E-state index in [1.807, 2.05) is 11.0 Å². The molecule has 3 heterocycles. The summed E-state index contributed by atoms with van der Waals surface area (Å²) in [6, 6.07) is 9.53. The van der Waals surface area contributed by atoms with Gasteiger partial charge in [-0.25, -0.2) is 19.3 Å². The molecule has 4 rings (SSSR count). The predicted octanol–water partition coefficient (Wildman–Crippen LogP) is 1.95. The summed E-state index contributed by atoms with van der Waals surface area (Å²) >= 11 is 0. The zero-order chi connectivity index (χ0) is 18.8. The Labute approximate surface area is 155 Å². The molecular weight excluding hydrogens is 349 g/mol. The number of anilines is 1. The molecule has 0 amide bonds. The number of rotatable bonds is 3. The van der Waals surface area contributed by atoms with E-state index in [0.717, 1.165) is 5.56 Å². The molecule has 1 aromatic carbocycles. The predicted molar refractivity (Wildman–Crippen MR) is 97.8 cm³/mol. The van der Waals surface area contributed by atoms with Crippen LogP contribution in [0.2, 0.25) is 0 Å². The summed E-state index contributed by atoms with van der Waals surface area (Å²) in [5.41, 5.74) is 1.65. The summed E-state index contributed by atoms with van der Waals surface area (Å²) in [6.07, 6.45) is 2.73. The fourth-order valence-corrected chi connectivity index (χ4v) is 3.12. The van der Waals surface area contributed by atoms with E-state index in [-0.39, 0.29) is 17.5 Å². The number of nitrogens with zero attached hydrogens (tertiary/aromatic N) is 5. The van der Waals surface area contributed by atoms with Gasteiger partial charge in [0.15, 0.2) is 0 Å². The summed E-state index contributed by atoms with van der Waals surface area (Å²) in [7, 11) is 1.68. The summed E-state index contributed by atoms with van der Waals surface area (Å²) < 4.78 is 20.9. The summed E-state index contributed by atoms with van der Waals surface area (Å²) in [4.78, 5) is 27.1. The smallest absolute Gasteiger partial charge is 0.255 e. The van der Waals surface area contributed by atoms with Crippen LogP contribution >= 0.6 is 0 Å². The van der Waals surface area contributed by atoms with E-state index in [0.29, 0.717) is 37.0 Å². The Kier molecular flexibility index (Phi) is 4.64. The van der Waals surface area contributed by atoms with Crippen LogP contribution in [0.3, 0.4) is 0 Å². The molecule has 7 nitrogen and oxygen atoms in total. The molecule has 1 aliphatic rings. The van der Waals surface area contributed by atoms with Gasteiger partial charge in [0.05, 0.1) is 24.5 Å². The van der Waals surface area contributed by atoms with E-state index in [4.69, 9.17) is 4.74 Å². The molecule has 138 valence electrons. The average Bonchev–Trinajstić information content (AvgIpc) is 2.71. The zero-order valence-electron chi connectivity index (χ0n) is 14.7. The van der Waals surface area contributed by atoms with Crippen molar-refractivity contribution < 1.29 is 9.13 Å². The molecule has 2 aromatic heterocycles. The van der Waals surface area contributed by atoms with Crippen molar-refractivity contribution in [1.29, 1.82) is 0 Å². The molecule has 0 N–H and O–H groups in total. The highest BCUT2D eigenvalue weighted by Gasteiger charge is 2.25. The molecule has 1 aliphatic heterocycles. The first-order valence-corrected chi connectivity index (χ1v) is 8.58. The fourth-order valence-electron chi connectivity index (χ4n) is 3.12. The molecule has 0 unspecified atom stereocenters. The molecule has 8 heteroatoms. The molecule has 0 spiro atoms. The van der Waals surface area contributed by atoms with Crippen molar-refractivity contribution in [2.45, 2.75) is 6.10 Å². The normalized spacial score (nSPS) is 17.1. The summed E-state index contributed by atoms with van der Waals surface area (Å²) in [5, 5.41) is 0. The van der Waals surface area contributed by atoms with Gasteiger partial charge in [-0.15, -0.1) is 0 Å². The minimum Gasteiger partial charge on any atom is -0.370 e. The first kappa shape index (κ1) is 17.3. The van der Waals surface area contributed by atoms with Crippen molar-refractivity contribution >= 4 is 5.95 Å². The van der Waals surface area contributed by atoms with E-state index in [1.165, 1.54) is 29.1 Å². The maximum Gasteiger partial charge on any atom is 0.255 e. The molecule has 0 saturated carbocycles. The molecule has 0 radical (unpaired) electrons. The standard InChI is InChI=1S/C19H18FN5O2/c1-24-18(26)10-16(15-5-6-21-12-22-15)23-19(24)25-7-8-27-17(11-25)13-3-2-4-14(20)9-13/h2-6,9-10,12,17H,7-8,11H2,1H3/t17-/m0/s1. The van der Waals surface area contributed by atoms with E-state index in [1.54, 1.807) is 25.4 Å². The minimum atomic E-state index is -0.301.